The van der Waals surface area contributed by atoms with E-state index in [1.54, 1.807) is 18.3 Å². The van der Waals surface area contributed by atoms with Crippen LogP contribution in [0.4, 0.5) is 5.69 Å². The molecule has 0 spiro atoms. The van der Waals surface area contributed by atoms with Gasteiger partial charge in [0.25, 0.3) is 0 Å². The maximum absolute atomic E-state index is 12.6. The summed E-state index contributed by atoms with van der Waals surface area (Å²) in [4.78, 5) is 25.1. The Morgan fingerprint density at radius 1 is 1.23 bits per heavy atom. The molecule has 7 heteroatoms. The van der Waals surface area contributed by atoms with Crippen LogP contribution < -0.4 is 4.90 Å². The van der Waals surface area contributed by atoms with E-state index in [4.69, 9.17) is 5.11 Å². The van der Waals surface area contributed by atoms with Crippen molar-refractivity contribution >= 4 is 40.7 Å². The summed E-state index contributed by atoms with van der Waals surface area (Å²) < 4.78 is 0. The van der Waals surface area contributed by atoms with Gasteiger partial charge in [-0.25, -0.2) is 0 Å². The number of carboxylic acid groups (broad SMARTS) is 1. The SMILES string of the molecule is Cc1cccc(/C=N/N=C2\SC(CC(=O)O)C(=O)N2c2ccccc2)c1. The third-order valence-corrected chi connectivity index (χ3v) is 4.83. The molecular formula is C19H17N3O3S. The number of carbonyl (C=O) groups excluding carboxylic acids is 1. The molecule has 1 heterocycles. The molecule has 1 amide bonds. The first-order valence-corrected chi connectivity index (χ1v) is 8.88. The van der Waals surface area contributed by atoms with Gasteiger partial charge >= 0.3 is 5.97 Å². The molecule has 1 aliphatic rings. The smallest absolute Gasteiger partial charge is 0.305 e. The molecular weight excluding hydrogens is 350 g/mol. The molecule has 0 bridgehead atoms. The van der Waals surface area contributed by atoms with Gasteiger partial charge < -0.3 is 5.11 Å². The van der Waals surface area contributed by atoms with Crippen LogP contribution in [0.15, 0.2) is 64.8 Å². The molecule has 1 fully saturated rings. The van der Waals surface area contributed by atoms with E-state index in [1.165, 1.54) is 4.90 Å². The lowest BCUT2D eigenvalue weighted by atomic mass is 10.2. The minimum atomic E-state index is -1.02. The number of para-hydroxylation sites is 1. The number of carbonyl (C=O) groups is 2. The Kier molecular flexibility index (Phi) is 5.48. The third-order valence-electron chi connectivity index (χ3n) is 3.70. The second-order valence-corrected chi connectivity index (χ2v) is 6.92. The van der Waals surface area contributed by atoms with Crippen molar-refractivity contribution in [1.29, 1.82) is 0 Å². The van der Waals surface area contributed by atoms with Crippen molar-refractivity contribution in [2.45, 2.75) is 18.6 Å². The molecule has 2 aromatic carbocycles. The quantitative estimate of drug-likeness (QED) is 0.649. The van der Waals surface area contributed by atoms with Gasteiger partial charge in [0.1, 0.15) is 5.25 Å². The first kappa shape index (κ1) is 17.9. The zero-order valence-electron chi connectivity index (χ0n) is 14.1. The molecule has 6 nitrogen and oxygen atoms in total. The molecule has 132 valence electrons. The lowest BCUT2D eigenvalue weighted by molar-refractivity contribution is -0.138. The Bertz CT molecular complexity index is 881. The van der Waals surface area contributed by atoms with Crippen molar-refractivity contribution in [3.8, 4) is 0 Å². The number of aliphatic carboxylic acids is 1. The summed E-state index contributed by atoms with van der Waals surface area (Å²) >= 11 is 1.12. The topological polar surface area (TPSA) is 82.3 Å². The second kappa shape index (κ2) is 7.97. The molecule has 1 unspecified atom stereocenters. The van der Waals surface area contributed by atoms with Crippen LogP contribution in [0.1, 0.15) is 17.5 Å². The van der Waals surface area contributed by atoms with E-state index in [9.17, 15) is 9.59 Å². The number of hydrogen-bond acceptors (Lipinski definition) is 5. The molecule has 0 saturated carbocycles. The van der Waals surface area contributed by atoms with Gasteiger partial charge in [0.15, 0.2) is 5.17 Å². The van der Waals surface area contributed by atoms with Crippen LogP contribution in [0.2, 0.25) is 0 Å². The Morgan fingerprint density at radius 3 is 2.69 bits per heavy atom. The Labute approximate surface area is 155 Å². The van der Waals surface area contributed by atoms with Gasteiger partial charge in [-0.05, 0) is 24.6 Å². The predicted octanol–water partition coefficient (Wildman–Crippen LogP) is 3.31. The highest BCUT2D eigenvalue weighted by Gasteiger charge is 2.40. The maximum Gasteiger partial charge on any atom is 0.305 e. The minimum Gasteiger partial charge on any atom is -0.481 e. The molecule has 0 aliphatic carbocycles. The van der Waals surface area contributed by atoms with Crippen molar-refractivity contribution in [3.63, 3.8) is 0 Å². The minimum absolute atomic E-state index is 0.257. The summed E-state index contributed by atoms with van der Waals surface area (Å²) in [5.74, 6) is -1.32. The Morgan fingerprint density at radius 2 is 2.00 bits per heavy atom. The summed E-state index contributed by atoms with van der Waals surface area (Å²) in [7, 11) is 0. The predicted molar refractivity (Wildman–Crippen MR) is 104 cm³/mol. The lowest BCUT2D eigenvalue weighted by Crippen LogP contribution is -2.32. The van der Waals surface area contributed by atoms with E-state index < -0.39 is 11.2 Å². The van der Waals surface area contributed by atoms with E-state index in [2.05, 4.69) is 10.2 Å². The fourth-order valence-corrected chi connectivity index (χ4v) is 3.62. The number of rotatable bonds is 5. The van der Waals surface area contributed by atoms with Gasteiger partial charge in [0.05, 0.1) is 18.3 Å². The van der Waals surface area contributed by atoms with E-state index in [0.29, 0.717) is 10.9 Å². The van der Waals surface area contributed by atoms with Crippen LogP contribution in [-0.2, 0) is 9.59 Å². The average Bonchev–Trinajstić information content (AvgIpc) is 2.91. The number of anilines is 1. The summed E-state index contributed by atoms with van der Waals surface area (Å²) in [5.41, 5.74) is 2.65. The third kappa shape index (κ3) is 4.18. The largest absolute Gasteiger partial charge is 0.481 e. The van der Waals surface area contributed by atoms with Crippen LogP contribution in [0.3, 0.4) is 0 Å². The van der Waals surface area contributed by atoms with Crippen molar-refractivity contribution in [3.05, 3.63) is 65.7 Å². The monoisotopic (exact) mass is 367 g/mol. The molecule has 1 atom stereocenters. The van der Waals surface area contributed by atoms with E-state index in [-0.39, 0.29) is 12.3 Å². The Balaban J connectivity index is 1.88. The zero-order chi connectivity index (χ0) is 18.5. The summed E-state index contributed by atoms with van der Waals surface area (Å²) in [6, 6.07) is 16.8. The van der Waals surface area contributed by atoms with Gasteiger partial charge in [-0.2, -0.15) is 5.10 Å². The van der Waals surface area contributed by atoms with Gasteiger partial charge in [0, 0.05) is 0 Å². The summed E-state index contributed by atoms with van der Waals surface area (Å²) in [6.07, 6.45) is 1.35. The number of nitrogens with zero attached hydrogens (tertiary/aromatic N) is 3. The van der Waals surface area contributed by atoms with Crippen molar-refractivity contribution < 1.29 is 14.7 Å². The standard InChI is InChI=1S/C19H17N3O3S/c1-13-6-5-7-14(10-13)12-20-21-19-22(15-8-3-2-4-9-15)18(25)16(26-19)11-17(23)24/h2-10,12,16H,11H2,1H3,(H,23,24)/b20-12+,21-19-. The number of carboxylic acids is 1. The van der Waals surface area contributed by atoms with Crippen molar-refractivity contribution in [2.24, 2.45) is 10.2 Å². The van der Waals surface area contributed by atoms with Crippen LogP contribution in [0, 0.1) is 6.92 Å². The molecule has 1 aliphatic heterocycles. The number of thioether (sulfide) groups is 1. The highest BCUT2D eigenvalue weighted by molar-refractivity contribution is 8.16. The van der Waals surface area contributed by atoms with Crippen LogP contribution in [0.5, 0.6) is 0 Å². The Hall–Kier alpha value is -2.93. The maximum atomic E-state index is 12.6. The van der Waals surface area contributed by atoms with Crippen molar-refractivity contribution in [1.82, 2.24) is 0 Å². The number of benzene rings is 2. The molecule has 1 N–H and O–H groups in total. The van der Waals surface area contributed by atoms with E-state index in [0.717, 1.165) is 22.9 Å². The van der Waals surface area contributed by atoms with Crippen LogP contribution in [0.25, 0.3) is 0 Å². The molecule has 26 heavy (non-hydrogen) atoms. The second-order valence-electron chi connectivity index (χ2n) is 5.75. The lowest BCUT2D eigenvalue weighted by Gasteiger charge is -2.15. The summed E-state index contributed by atoms with van der Waals surface area (Å²) in [5, 5.41) is 17.0. The zero-order valence-corrected chi connectivity index (χ0v) is 14.9. The average molecular weight is 367 g/mol. The number of amidine groups is 1. The van der Waals surface area contributed by atoms with Gasteiger partial charge in [0.2, 0.25) is 5.91 Å². The normalized spacial score (nSPS) is 18.8. The first-order valence-electron chi connectivity index (χ1n) is 8.00. The number of amides is 1. The summed E-state index contributed by atoms with van der Waals surface area (Å²) in [6.45, 7) is 1.99. The van der Waals surface area contributed by atoms with Gasteiger partial charge in [-0.15, -0.1) is 5.10 Å². The van der Waals surface area contributed by atoms with Gasteiger partial charge in [-0.3, -0.25) is 14.5 Å². The van der Waals surface area contributed by atoms with Crippen LogP contribution in [-0.4, -0.2) is 33.6 Å². The highest BCUT2D eigenvalue weighted by atomic mass is 32.2. The molecule has 1 saturated heterocycles. The molecule has 3 rings (SSSR count). The number of hydrogen-bond donors (Lipinski definition) is 1. The van der Waals surface area contributed by atoms with E-state index in [1.807, 2.05) is 49.4 Å². The number of aryl methyl sites for hydroxylation is 1. The molecule has 2 aromatic rings. The fraction of sp³-hybridized carbons (Fsp3) is 0.158. The van der Waals surface area contributed by atoms with E-state index >= 15 is 0 Å². The van der Waals surface area contributed by atoms with Crippen LogP contribution >= 0.6 is 11.8 Å². The van der Waals surface area contributed by atoms with Crippen molar-refractivity contribution in [2.75, 3.05) is 4.90 Å². The highest BCUT2D eigenvalue weighted by Crippen LogP contribution is 2.33. The first-order chi connectivity index (χ1) is 12.5. The molecule has 0 radical (unpaired) electrons. The molecule has 0 aromatic heterocycles. The van der Waals surface area contributed by atoms with Gasteiger partial charge in [-0.1, -0.05) is 59.8 Å². The fourth-order valence-electron chi connectivity index (χ4n) is 2.53.